The van der Waals surface area contributed by atoms with E-state index in [-0.39, 0.29) is 5.91 Å². The van der Waals surface area contributed by atoms with E-state index in [1.165, 1.54) is 0 Å². The highest BCUT2D eigenvalue weighted by atomic mass is 16.4. The molecular formula is C14H21NO3. The third kappa shape index (κ3) is 5.48. The second-order valence-electron chi connectivity index (χ2n) is 3.50. The number of carbonyl (C=O) groups excluding carboxylic acids is 1. The Bertz CT molecular complexity index is 363. The molecule has 1 aromatic rings. The van der Waals surface area contributed by atoms with Crippen molar-refractivity contribution >= 4 is 11.9 Å². The van der Waals surface area contributed by atoms with Crippen molar-refractivity contribution in [1.82, 2.24) is 5.32 Å². The van der Waals surface area contributed by atoms with Crippen LogP contribution in [-0.4, -0.2) is 17.0 Å². The molecule has 1 rings (SSSR count). The van der Waals surface area contributed by atoms with Crippen molar-refractivity contribution in [1.29, 1.82) is 0 Å². The van der Waals surface area contributed by atoms with Crippen LogP contribution in [0.1, 0.15) is 45.2 Å². The Hall–Kier alpha value is -1.84. The summed E-state index contributed by atoms with van der Waals surface area (Å²) in [7, 11) is 0. The number of hydrogen-bond donors (Lipinski definition) is 2. The van der Waals surface area contributed by atoms with Crippen LogP contribution in [0.3, 0.4) is 0 Å². The van der Waals surface area contributed by atoms with Gasteiger partial charge in [-0.3, -0.25) is 4.79 Å². The van der Waals surface area contributed by atoms with Crippen LogP contribution in [0.15, 0.2) is 30.3 Å². The molecule has 1 amide bonds. The third-order valence-electron chi connectivity index (χ3n) is 2.16. The average molecular weight is 251 g/mol. The molecule has 0 aliphatic heterocycles. The third-order valence-corrected chi connectivity index (χ3v) is 2.16. The number of nitrogens with one attached hydrogen (secondary N) is 1. The van der Waals surface area contributed by atoms with Crippen LogP contribution in [0.2, 0.25) is 0 Å². The van der Waals surface area contributed by atoms with E-state index in [1.54, 1.807) is 30.3 Å². The van der Waals surface area contributed by atoms with E-state index in [0.29, 0.717) is 18.4 Å². The van der Waals surface area contributed by atoms with Gasteiger partial charge in [-0.05, 0) is 12.0 Å². The van der Waals surface area contributed by atoms with Crippen molar-refractivity contribution in [3.05, 3.63) is 35.9 Å². The minimum Gasteiger partial charge on any atom is -0.479 e. The summed E-state index contributed by atoms with van der Waals surface area (Å²) in [6.45, 7) is 5.87. The smallest absolute Gasteiger partial charge is 0.330 e. The van der Waals surface area contributed by atoms with Gasteiger partial charge >= 0.3 is 5.97 Å². The molecule has 0 saturated carbocycles. The predicted octanol–water partition coefficient (Wildman–Crippen LogP) is 2.75. The van der Waals surface area contributed by atoms with Crippen molar-refractivity contribution in [2.45, 2.75) is 39.7 Å². The highest BCUT2D eigenvalue weighted by molar-refractivity contribution is 5.84. The predicted molar refractivity (Wildman–Crippen MR) is 71.2 cm³/mol. The lowest BCUT2D eigenvalue weighted by Crippen LogP contribution is -2.33. The Morgan fingerprint density at radius 3 is 2.22 bits per heavy atom. The first kappa shape index (κ1) is 16.2. The van der Waals surface area contributed by atoms with Gasteiger partial charge in [-0.2, -0.15) is 0 Å². The highest BCUT2D eigenvalue weighted by Crippen LogP contribution is 2.12. The van der Waals surface area contributed by atoms with E-state index in [2.05, 4.69) is 5.32 Å². The summed E-state index contributed by atoms with van der Waals surface area (Å²) >= 11 is 0. The van der Waals surface area contributed by atoms with Gasteiger partial charge in [0.1, 0.15) is 0 Å². The number of amides is 1. The van der Waals surface area contributed by atoms with E-state index < -0.39 is 12.0 Å². The monoisotopic (exact) mass is 251 g/mol. The van der Waals surface area contributed by atoms with Crippen LogP contribution < -0.4 is 5.32 Å². The van der Waals surface area contributed by atoms with Gasteiger partial charge in [0.05, 0.1) is 0 Å². The van der Waals surface area contributed by atoms with Crippen molar-refractivity contribution in [3.63, 3.8) is 0 Å². The zero-order valence-corrected chi connectivity index (χ0v) is 11.1. The number of benzene rings is 1. The lowest BCUT2D eigenvalue weighted by atomic mass is 10.1. The van der Waals surface area contributed by atoms with Crippen LogP contribution in [0.4, 0.5) is 0 Å². The zero-order chi connectivity index (χ0) is 14.0. The minimum atomic E-state index is -1.05. The second kappa shape index (κ2) is 9.22. The quantitative estimate of drug-likeness (QED) is 0.845. The maximum Gasteiger partial charge on any atom is 0.330 e. The molecule has 0 heterocycles. The van der Waals surface area contributed by atoms with Crippen molar-refractivity contribution in [2.24, 2.45) is 0 Å². The fraction of sp³-hybridized carbons (Fsp3) is 0.429. The summed E-state index contributed by atoms with van der Waals surface area (Å²) in [5.41, 5.74) is 0.583. The van der Waals surface area contributed by atoms with Gasteiger partial charge < -0.3 is 10.4 Å². The molecular weight excluding hydrogens is 230 g/mol. The number of aliphatic carboxylic acids is 1. The lowest BCUT2D eigenvalue weighted by Gasteiger charge is -2.14. The molecule has 0 fully saturated rings. The van der Waals surface area contributed by atoms with Crippen LogP contribution in [0, 0.1) is 0 Å². The molecule has 18 heavy (non-hydrogen) atoms. The first-order valence-corrected chi connectivity index (χ1v) is 6.22. The molecule has 0 aliphatic rings. The van der Waals surface area contributed by atoms with Gasteiger partial charge in [0.25, 0.3) is 0 Å². The molecule has 0 saturated heterocycles. The highest BCUT2D eigenvalue weighted by Gasteiger charge is 2.20. The lowest BCUT2D eigenvalue weighted by molar-refractivity contribution is -0.142. The molecule has 1 aromatic carbocycles. The van der Waals surface area contributed by atoms with Crippen molar-refractivity contribution < 1.29 is 14.7 Å². The summed E-state index contributed by atoms with van der Waals surface area (Å²) in [4.78, 5) is 22.4. The molecule has 0 spiro atoms. The van der Waals surface area contributed by atoms with Gasteiger partial charge in [0.15, 0.2) is 6.04 Å². The maximum absolute atomic E-state index is 11.4. The SMILES string of the molecule is CC.CCCC(=O)NC(C(=O)O)c1ccccc1. The fourth-order valence-electron chi connectivity index (χ4n) is 1.39. The molecule has 0 aromatic heterocycles. The molecule has 0 bridgehead atoms. The fourth-order valence-corrected chi connectivity index (χ4v) is 1.39. The van der Waals surface area contributed by atoms with Gasteiger partial charge in [-0.1, -0.05) is 51.1 Å². The van der Waals surface area contributed by atoms with Crippen LogP contribution in [-0.2, 0) is 9.59 Å². The summed E-state index contributed by atoms with van der Waals surface area (Å²) in [5.74, 6) is -1.28. The first-order chi connectivity index (χ1) is 8.65. The summed E-state index contributed by atoms with van der Waals surface area (Å²) in [6, 6.07) is 7.71. The first-order valence-electron chi connectivity index (χ1n) is 6.22. The van der Waals surface area contributed by atoms with Gasteiger partial charge in [0, 0.05) is 6.42 Å². The van der Waals surface area contributed by atoms with Gasteiger partial charge in [-0.25, -0.2) is 4.79 Å². The number of carboxylic acids is 1. The van der Waals surface area contributed by atoms with Gasteiger partial charge in [0.2, 0.25) is 5.91 Å². The Morgan fingerprint density at radius 1 is 1.22 bits per heavy atom. The molecule has 4 heteroatoms. The van der Waals surface area contributed by atoms with Gasteiger partial charge in [-0.15, -0.1) is 0 Å². The molecule has 2 N–H and O–H groups in total. The van der Waals surface area contributed by atoms with Crippen LogP contribution in [0.25, 0.3) is 0 Å². The summed E-state index contributed by atoms with van der Waals surface area (Å²) < 4.78 is 0. The Balaban J connectivity index is 0.00000137. The molecule has 0 radical (unpaired) electrons. The largest absolute Gasteiger partial charge is 0.479 e. The van der Waals surface area contributed by atoms with Crippen molar-refractivity contribution in [2.75, 3.05) is 0 Å². The van der Waals surface area contributed by atoms with Crippen LogP contribution >= 0.6 is 0 Å². The van der Waals surface area contributed by atoms with E-state index in [0.717, 1.165) is 0 Å². The number of hydrogen-bond acceptors (Lipinski definition) is 2. The molecule has 100 valence electrons. The summed E-state index contributed by atoms with van der Waals surface area (Å²) in [6.07, 6.45) is 1.05. The Morgan fingerprint density at radius 2 is 1.78 bits per heavy atom. The Labute approximate surface area is 108 Å². The second-order valence-corrected chi connectivity index (χ2v) is 3.50. The van der Waals surface area contributed by atoms with E-state index in [9.17, 15) is 9.59 Å². The topological polar surface area (TPSA) is 66.4 Å². The van der Waals surface area contributed by atoms with Crippen LogP contribution in [0.5, 0.6) is 0 Å². The maximum atomic E-state index is 11.4. The average Bonchev–Trinajstić information content (AvgIpc) is 2.39. The molecule has 1 unspecified atom stereocenters. The van der Waals surface area contributed by atoms with E-state index >= 15 is 0 Å². The van der Waals surface area contributed by atoms with E-state index in [4.69, 9.17) is 5.11 Å². The number of carboxylic acid groups (broad SMARTS) is 1. The van der Waals surface area contributed by atoms with E-state index in [1.807, 2.05) is 20.8 Å². The molecule has 1 atom stereocenters. The standard InChI is InChI=1S/C12H15NO3.C2H6/c1-2-6-10(14)13-11(12(15)16)9-7-4-3-5-8-9;1-2/h3-5,7-8,11H,2,6H2,1H3,(H,13,14)(H,15,16);1-2H3. The van der Waals surface area contributed by atoms with Crippen molar-refractivity contribution in [3.8, 4) is 0 Å². The number of rotatable bonds is 5. The number of carbonyl (C=O) groups is 2. The molecule has 0 aliphatic carbocycles. The normalized spacial score (nSPS) is 10.8. The molecule has 4 nitrogen and oxygen atoms in total. The zero-order valence-electron chi connectivity index (χ0n) is 11.1. The minimum absolute atomic E-state index is 0.237. The Kier molecular flexibility index (Phi) is 8.27. The summed E-state index contributed by atoms with van der Waals surface area (Å²) in [5, 5.41) is 11.5.